The highest BCUT2D eigenvalue weighted by Crippen LogP contribution is 2.19. The van der Waals surface area contributed by atoms with Crippen molar-refractivity contribution in [1.82, 2.24) is 9.78 Å². The van der Waals surface area contributed by atoms with Crippen LogP contribution in [0.3, 0.4) is 0 Å². The zero-order valence-corrected chi connectivity index (χ0v) is 12.5. The van der Waals surface area contributed by atoms with Crippen molar-refractivity contribution in [2.75, 3.05) is 6.54 Å². The van der Waals surface area contributed by atoms with E-state index in [2.05, 4.69) is 18.9 Å². The zero-order valence-electron chi connectivity index (χ0n) is 12.5. The van der Waals surface area contributed by atoms with Gasteiger partial charge in [-0.1, -0.05) is 19.9 Å². The Hall–Kier alpha value is -1.75. The highest BCUT2D eigenvalue weighted by molar-refractivity contribution is 5.28. The minimum atomic E-state index is -0.826. The van der Waals surface area contributed by atoms with Gasteiger partial charge in [-0.3, -0.25) is 4.68 Å². The first-order valence-corrected chi connectivity index (χ1v) is 7.32. The summed E-state index contributed by atoms with van der Waals surface area (Å²) >= 11 is 0. The summed E-state index contributed by atoms with van der Waals surface area (Å²) in [6.07, 6.45) is 2.48. The largest absolute Gasteiger partial charge is 0.330 e. The van der Waals surface area contributed by atoms with Gasteiger partial charge in [0, 0.05) is 5.69 Å². The Morgan fingerprint density at radius 1 is 1.14 bits per heavy atom. The molecule has 21 heavy (non-hydrogen) atoms. The van der Waals surface area contributed by atoms with E-state index in [1.54, 1.807) is 6.07 Å². The Morgan fingerprint density at radius 3 is 2.48 bits per heavy atom. The third kappa shape index (κ3) is 3.29. The Labute approximate surface area is 123 Å². The van der Waals surface area contributed by atoms with Gasteiger partial charge in [-0.2, -0.15) is 5.10 Å². The van der Waals surface area contributed by atoms with E-state index in [9.17, 15) is 8.78 Å². The van der Waals surface area contributed by atoms with E-state index in [1.807, 2.05) is 4.68 Å². The molecule has 0 saturated carbocycles. The maximum Gasteiger partial charge on any atom is 0.159 e. The summed E-state index contributed by atoms with van der Waals surface area (Å²) in [7, 11) is 0. The number of halogens is 2. The molecule has 0 spiro atoms. The third-order valence-electron chi connectivity index (χ3n) is 3.63. The molecule has 0 aliphatic carbocycles. The quantitative estimate of drug-likeness (QED) is 0.890. The van der Waals surface area contributed by atoms with Gasteiger partial charge in [-0.05, 0) is 49.1 Å². The van der Waals surface area contributed by atoms with Crippen LogP contribution in [0.2, 0.25) is 0 Å². The summed E-state index contributed by atoms with van der Waals surface area (Å²) in [5.74, 6) is -1.65. The van der Waals surface area contributed by atoms with Crippen molar-refractivity contribution in [3.05, 3.63) is 52.3 Å². The average molecular weight is 293 g/mol. The molecule has 0 amide bonds. The predicted octanol–water partition coefficient (Wildman–Crippen LogP) is 2.84. The second-order valence-electron chi connectivity index (χ2n) is 5.02. The molecule has 2 rings (SSSR count). The van der Waals surface area contributed by atoms with Gasteiger partial charge in [0.1, 0.15) is 0 Å². The van der Waals surface area contributed by atoms with E-state index in [0.717, 1.165) is 36.7 Å². The third-order valence-corrected chi connectivity index (χ3v) is 3.63. The van der Waals surface area contributed by atoms with Crippen molar-refractivity contribution in [2.45, 2.75) is 39.7 Å². The molecule has 0 fully saturated rings. The molecule has 5 heteroatoms. The fraction of sp³-hybridized carbons (Fsp3) is 0.438. The van der Waals surface area contributed by atoms with E-state index in [-0.39, 0.29) is 0 Å². The van der Waals surface area contributed by atoms with E-state index >= 15 is 0 Å². The molecule has 0 bridgehead atoms. The first kappa shape index (κ1) is 15.6. The normalized spacial score (nSPS) is 11.1. The molecular weight excluding hydrogens is 272 g/mol. The van der Waals surface area contributed by atoms with Gasteiger partial charge >= 0.3 is 0 Å². The van der Waals surface area contributed by atoms with Gasteiger partial charge in [0.2, 0.25) is 0 Å². The molecule has 0 radical (unpaired) electrons. The van der Waals surface area contributed by atoms with Crippen LogP contribution in [-0.2, 0) is 25.8 Å². The molecule has 2 N–H and O–H groups in total. The molecule has 0 atom stereocenters. The summed E-state index contributed by atoms with van der Waals surface area (Å²) < 4.78 is 28.2. The summed E-state index contributed by atoms with van der Waals surface area (Å²) in [6.45, 7) is 5.15. The second kappa shape index (κ2) is 6.80. The number of hydrogen-bond acceptors (Lipinski definition) is 2. The molecule has 0 saturated heterocycles. The van der Waals surface area contributed by atoms with Crippen molar-refractivity contribution in [1.29, 1.82) is 0 Å². The SMILES string of the molecule is CCc1nn(Cc2ccc(F)c(F)c2)c(CC)c1CCN. The van der Waals surface area contributed by atoms with Gasteiger partial charge in [-0.15, -0.1) is 0 Å². The Kier molecular flexibility index (Phi) is 5.07. The molecular formula is C16H21F2N3. The minimum absolute atomic E-state index is 0.442. The van der Waals surface area contributed by atoms with Crippen LogP contribution >= 0.6 is 0 Å². The maximum atomic E-state index is 13.3. The lowest BCUT2D eigenvalue weighted by Gasteiger charge is -2.08. The van der Waals surface area contributed by atoms with E-state index < -0.39 is 11.6 Å². The Bertz CT molecular complexity index is 620. The number of nitrogens with two attached hydrogens (primary N) is 1. The number of benzene rings is 1. The van der Waals surface area contributed by atoms with E-state index in [0.29, 0.717) is 18.7 Å². The van der Waals surface area contributed by atoms with Crippen LogP contribution < -0.4 is 5.73 Å². The number of rotatable bonds is 6. The van der Waals surface area contributed by atoms with Crippen LogP contribution in [0.25, 0.3) is 0 Å². The van der Waals surface area contributed by atoms with Crippen LogP contribution in [0.4, 0.5) is 8.78 Å². The molecule has 0 unspecified atom stereocenters. The standard InChI is InChI=1S/C16H21F2N3/c1-3-15-12(7-8-19)16(4-2)21(20-15)10-11-5-6-13(17)14(18)9-11/h5-6,9H,3-4,7-8,10,19H2,1-2H3. The lowest BCUT2D eigenvalue weighted by molar-refractivity contribution is 0.505. The van der Waals surface area contributed by atoms with Gasteiger partial charge in [0.05, 0.1) is 12.2 Å². The number of aromatic nitrogens is 2. The van der Waals surface area contributed by atoms with Crippen LogP contribution in [-0.4, -0.2) is 16.3 Å². The Morgan fingerprint density at radius 2 is 1.90 bits per heavy atom. The summed E-state index contributed by atoms with van der Waals surface area (Å²) in [4.78, 5) is 0. The van der Waals surface area contributed by atoms with Crippen LogP contribution in [0.15, 0.2) is 18.2 Å². The van der Waals surface area contributed by atoms with Gasteiger partial charge in [0.25, 0.3) is 0 Å². The minimum Gasteiger partial charge on any atom is -0.330 e. The van der Waals surface area contributed by atoms with Gasteiger partial charge < -0.3 is 5.73 Å². The maximum absolute atomic E-state index is 13.3. The van der Waals surface area contributed by atoms with E-state index in [1.165, 1.54) is 11.6 Å². The Balaban J connectivity index is 2.36. The number of hydrogen-bond donors (Lipinski definition) is 1. The molecule has 3 nitrogen and oxygen atoms in total. The van der Waals surface area contributed by atoms with Crippen molar-refractivity contribution in [3.63, 3.8) is 0 Å². The zero-order chi connectivity index (χ0) is 15.4. The molecule has 0 aliphatic rings. The smallest absolute Gasteiger partial charge is 0.159 e. The monoisotopic (exact) mass is 293 g/mol. The highest BCUT2D eigenvalue weighted by atomic mass is 19.2. The van der Waals surface area contributed by atoms with Gasteiger partial charge in [0.15, 0.2) is 11.6 Å². The van der Waals surface area contributed by atoms with Crippen LogP contribution in [0, 0.1) is 11.6 Å². The molecule has 1 aromatic heterocycles. The average Bonchev–Trinajstić information content (AvgIpc) is 2.80. The summed E-state index contributed by atoms with van der Waals surface area (Å²) in [6, 6.07) is 3.97. The van der Waals surface area contributed by atoms with E-state index in [4.69, 9.17) is 5.73 Å². The predicted molar refractivity (Wildman–Crippen MR) is 79.2 cm³/mol. The lowest BCUT2D eigenvalue weighted by Crippen LogP contribution is -2.09. The van der Waals surface area contributed by atoms with Crippen molar-refractivity contribution in [2.24, 2.45) is 5.73 Å². The fourth-order valence-corrected chi connectivity index (χ4v) is 2.64. The molecule has 0 aliphatic heterocycles. The molecule has 1 heterocycles. The second-order valence-corrected chi connectivity index (χ2v) is 5.02. The van der Waals surface area contributed by atoms with Crippen molar-refractivity contribution >= 4 is 0 Å². The van der Waals surface area contributed by atoms with Gasteiger partial charge in [-0.25, -0.2) is 8.78 Å². The van der Waals surface area contributed by atoms with Crippen LogP contribution in [0.5, 0.6) is 0 Å². The molecule has 114 valence electrons. The summed E-state index contributed by atoms with van der Waals surface area (Å²) in [5.41, 5.74) is 9.75. The first-order valence-electron chi connectivity index (χ1n) is 7.32. The lowest BCUT2D eigenvalue weighted by atomic mass is 10.1. The molecule has 2 aromatic rings. The van der Waals surface area contributed by atoms with Crippen LogP contribution in [0.1, 0.15) is 36.4 Å². The number of nitrogens with zero attached hydrogens (tertiary/aromatic N) is 2. The fourth-order valence-electron chi connectivity index (χ4n) is 2.64. The summed E-state index contributed by atoms with van der Waals surface area (Å²) in [5, 5.41) is 4.61. The van der Waals surface area contributed by atoms with Crippen molar-refractivity contribution < 1.29 is 8.78 Å². The topological polar surface area (TPSA) is 43.8 Å². The molecule has 1 aromatic carbocycles. The highest BCUT2D eigenvalue weighted by Gasteiger charge is 2.15. The number of aryl methyl sites for hydroxylation is 1. The van der Waals surface area contributed by atoms with Crippen molar-refractivity contribution in [3.8, 4) is 0 Å². The first-order chi connectivity index (χ1) is 10.1.